The minimum atomic E-state index is 0.105. The van der Waals surface area contributed by atoms with Gasteiger partial charge in [0.15, 0.2) is 11.5 Å². The molecule has 0 spiro atoms. The van der Waals surface area contributed by atoms with Gasteiger partial charge in [-0.2, -0.15) is 0 Å². The molecular weight excluding hydrogens is 378 g/mol. The van der Waals surface area contributed by atoms with Crippen molar-refractivity contribution in [2.45, 2.75) is 47.0 Å². The molecule has 0 saturated heterocycles. The lowest BCUT2D eigenvalue weighted by Gasteiger charge is -2.31. The van der Waals surface area contributed by atoms with Crippen LogP contribution >= 0.6 is 11.3 Å². The van der Waals surface area contributed by atoms with Crippen molar-refractivity contribution >= 4 is 38.9 Å². The van der Waals surface area contributed by atoms with Gasteiger partial charge in [-0.1, -0.05) is 45.0 Å². The molecule has 0 N–H and O–H groups in total. The molecule has 3 nitrogen and oxygen atoms in total. The van der Waals surface area contributed by atoms with Gasteiger partial charge in [0.2, 0.25) is 5.88 Å². The molecule has 1 aliphatic rings. The number of rotatable bonds is 1. The zero-order chi connectivity index (χ0) is 20.5. The first-order valence-electron chi connectivity index (χ1n) is 9.95. The molecule has 2 aromatic heterocycles. The normalized spacial score (nSPS) is 13.4. The van der Waals surface area contributed by atoms with E-state index < -0.39 is 0 Å². The summed E-state index contributed by atoms with van der Waals surface area (Å²) in [6, 6.07) is 14.8. The Morgan fingerprint density at radius 2 is 1.62 bits per heavy atom. The first-order chi connectivity index (χ1) is 13.7. The maximum absolute atomic E-state index is 6.34. The highest BCUT2D eigenvalue weighted by molar-refractivity contribution is 7.16. The smallest absolute Gasteiger partial charge is 0.250 e. The van der Waals surface area contributed by atoms with Crippen LogP contribution in [0.25, 0.3) is 11.0 Å². The van der Waals surface area contributed by atoms with Crippen molar-refractivity contribution in [3.05, 3.63) is 64.0 Å². The number of furan rings is 1. The minimum absolute atomic E-state index is 0.105. The van der Waals surface area contributed by atoms with E-state index in [1.165, 1.54) is 27.3 Å². The molecule has 0 fully saturated rings. The van der Waals surface area contributed by atoms with E-state index in [9.17, 15) is 0 Å². The van der Waals surface area contributed by atoms with Gasteiger partial charge in [0, 0.05) is 4.88 Å². The molecule has 0 unspecified atom stereocenters. The molecule has 148 valence electrons. The van der Waals surface area contributed by atoms with E-state index in [0.717, 1.165) is 33.4 Å². The van der Waals surface area contributed by atoms with E-state index >= 15 is 0 Å². The van der Waals surface area contributed by atoms with Gasteiger partial charge in [-0.15, -0.1) is 11.3 Å². The number of hydrogen-bond donors (Lipinski definition) is 0. The number of aryl methyl sites for hydroxylation is 3. The summed E-state index contributed by atoms with van der Waals surface area (Å²) >= 11 is 1.73. The average Bonchev–Trinajstić information content (AvgIpc) is 3.19. The fraction of sp³-hybridized carbons (Fsp3) is 0.280. The summed E-state index contributed by atoms with van der Waals surface area (Å²) in [4.78, 5) is 3.47. The average molecular weight is 404 g/mol. The van der Waals surface area contributed by atoms with Crippen molar-refractivity contribution in [2.75, 3.05) is 4.90 Å². The third kappa shape index (κ3) is 2.77. The molecule has 5 rings (SSSR count). The third-order valence-electron chi connectivity index (χ3n) is 5.53. The predicted octanol–water partition coefficient (Wildman–Crippen LogP) is 8.29. The van der Waals surface area contributed by atoms with Crippen molar-refractivity contribution in [2.24, 2.45) is 0 Å². The van der Waals surface area contributed by atoms with Gasteiger partial charge in [0.25, 0.3) is 0 Å². The number of benzene rings is 2. The number of anilines is 3. The molecule has 0 radical (unpaired) electrons. The summed E-state index contributed by atoms with van der Waals surface area (Å²) in [6.07, 6.45) is 0. The van der Waals surface area contributed by atoms with E-state index in [-0.39, 0.29) is 5.41 Å². The van der Waals surface area contributed by atoms with Crippen LogP contribution in [0.2, 0.25) is 0 Å². The number of thiophene rings is 1. The second-order valence-corrected chi connectivity index (χ2v) is 10.1. The van der Waals surface area contributed by atoms with Crippen LogP contribution in [0.5, 0.6) is 11.5 Å². The van der Waals surface area contributed by atoms with Crippen LogP contribution in [0, 0.1) is 20.8 Å². The van der Waals surface area contributed by atoms with Gasteiger partial charge in [-0.3, -0.25) is 4.90 Å². The second kappa shape index (κ2) is 6.14. The fourth-order valence-corrected chi connectivity index (χ4v) is 5.05. The lowest BCUT2D eigenvalue weighted by Crippen LogP contribution is -2.17. The van der Waals surface area contributed by atoms with Crippen molar-refractivity contribution in [1.29, 1.82) is 0 Å². The van der Waals surface area contributed by atoms with Crippen LogP contribution in [0.15, 0.2) is 46.9 Å². The van der Waals surface area contributed by atoms with Crippen molar-refractivity contribution in [3.63, 3.8) is 0 Å². The Morgan fingerprint density at radius 1 is 0.931 bits per heavy atom. The molecule has 4 aromatic rings. The number of nitrogens with zero attached hydrogens (tertiary/aromatic N) is 1. The monoisotopic (exact) mass is 403 g/mol. The summed E-state index contributed by atoms with van der Waals surface area (Å²) < 4.78 is 12.7. The van der Waals surface area contributed by atoms with E-state index in [1.807, 2.05) is 18.2 Å². The minimum Gasteiger partial charge on any atom is -0.448 e. The van der Waals surface area contributed by atoms with Crippen molar-refractivity contribution in [3.8, 4) is 11.5 Å². The highest BCUT2D eigenvalue weighted by Gasteiger charge is 2.35. The number of hydrogen-bond acceptors (Lipinski definition) is 4. The van der Waals surface area contributed by atoms with Gasteiger partial charge in [0.1, 0.15) is 10.6 Å². The highest BCUT2D eigenvalue weighted by atomic mass is 32.1. The van der Waals surface area contributed by atoms with Crippen LogP contribution < -0.4 is 9.64 Å². The van der Waals surface area contributed by atoms with E-state index in [4.69, 9.17) is 9.15 Å². The number of fused-ring (bicyclic) bond motifs is 4. The lowest BCUT2D eigenvalue weighted by atomic mass is 9.84. The second-order valence-electron chi connectivity index (χ2n) is 8.91. The molecule has 3 heterocycles. The first-order valence-corrected chi connectivity index (χ1v) is 10.8. The summed E-state index contributed by atoms with van der Waals surface area (Å²) in [7, 11) is 0. The molecule has 0 atom stereocenters. The van der Waals surface area contributed by atoms with Gasteiger partial charge in [0.05, 0.1) is 11.1 Å². The largest absolute Gasteiger partial charge is 0.448 e. The van der Waals surface area contributed by atoms with Gasteiger partial charge in [-0.05, 0) is 61.1 Å². The molecule has 0 aliphatic carbocycles. The van der Waals surface area contributed by atoms with E-state index in [2.05, 4.69) is 70.7 Å². The molecule has 4 heteroatoms. The van der Waals surface area contributed by atoms with Crippen LogP contribution in [-0.4, -0.2) is 0 Å². The Kier molecular flexibility index (Phi) is 3.88. The zero-order valence-corrected chi connectivity index (χ0v) is 18.5. The zero-order valence-electron chi connectivity index (χ0n) is 17.7. The molecule has 1 aliphatic heterocycles. The highest BCUT2D eigenvalue weighted by Crippen LogP contribution is 2.58. The molecule has 2 aromatic carbocycles. The molecule has 0 saturated carbocycles. The van der Waals surface area contributed by atoms with Crippen LogP contribution in [0.3, 0.4) is 0 Å². The molecular formula is C25H25NO2S. The van der Waals surface area contributed by atoms with Gasteiger partial charge < -0.3 is 9.15 Å². The summed E-state index contributed by atoms with van der Waals surface area (Å²) in [5.74, 6) is 2.45. The quantitative estimate of drug-likeness (QED) is 0.281. The maximum atomic E-state index is 6.34. The fourth-order valence-electron chi connectivity index (χ4n) is 4.11. The SMILES string of the molecule is Cc1cc2c(s1)N(c1c(C)cc(C(C)(C)C)cc1C)c1oc3ccccc3c1O2. The summed E-state index contributed by atoms with van der Waals surface area (Å²) in [5, 5.41) is 2.08. The summed E-state index contributed by atoms with van der Waals surface area (Å²) in [6.45, 7) is 13.3. The Hall–Kier alpha value is -2.72. The third-order valence-corrected chi connectivity index (χ3v) is 6.55. The first kappa shape index (κ1) is 18.3. The Balaban J connectivity index is 1.80. The Labute approximate surface area is 175 Å². The van der Waals surface area contributed by atoms with Gasteiger partial charge in [-0.25, -0.2) is 0 Å². The predicted molar refractivity (Wildman–Crippen MR) is 122 cm³/mol. The standard InChI is InChI=1S/C25H25NO2S/c1-14-11-17(25(4,5)6)12-15(2)21(14)26-23-22(18-9-7-8-10-19(18)28-23)27-20-13-16(3)29-24(20)26/h7-13H,1-6H3. The van der Waals surface area contributed by atoms with Crippen LogP contribution in [0.1, 0.15) is 42.3 Å². The number of para-hydroxylation sites is 1. The maximum Gasteiger partial charge on any atom is 0.250 e. The molecule has 0 bridgehead atoms. The van der Waals surface area contributed by atoms with Crippen LogP contribution in [-0.2, 0) is 5.41 Å². The van der Waals surface area contributed by atoms with Gasteiger partial charge >= 0.3 is 0 Å². The topological polar surface area (TPSA) is 25.6 Å². The van der Waals surface area contributed by atoms with Crippen molar-refractivity contribution < 1.29 is 9.15 Å². The summed E-state index contributed by atoms with van der Waals surface area (Å²) in [5.41, 5.74) is 5.94. The van der Waals surface area contributed by atoms with Crippen LogP contribution in [0.4, 0.5) is 16.6 Å². The van der Waals surface area contributed by atoms with E-state index in [1.54, 1.807) is 11.3 Å². The van der Waals surface area contributed by atoms with E-state index in [0.29, 0.717) is 0 Å². The molecule has 29 heavy (non-hydrogen) atoms. The Bertz CT molecular complexity index is 1230. The number of ether oxygens (including phenoxy) is 1. The van der Waals surface area contributed by atoms with Crippen molar-refractivity contribution in [1.82, 2.24) is 0 Å². The molecule has 0 amide bonds. The lowest BCUT2D eigenvalue weighted by molar-refractivity contribution is 0.466. The Morgan fingerprint density at radius 3 is 2.31 bits per heavy atom.